The minimum Gasteiger partial charge on any atom is -0.494 e. The van der Waals surface area contributed by atoms with E-state index in [1.807, 2.05) is 43.1 Å². The fraction of sp³-hybridized carbons (Fsp3) is 0.350. The molecule has 0 aliphatic rings. The predicted octanol–water partition coefficient (Wildman–Crippen LogP) is 5.04. The zero-order valence-electron chi connectivity index (χ0n) is 14.9. The summed E-state index contributed by atoms with van der Waals surface area (Å²) in [5.74, 6) is 1.42. The van der Waals surface area contributed by atoms with E-state index in [-0.39, 0.29) is 0 Å². The molecule has 0 saturated heterocycles. The molecule has 2 aromatic rings. The van der Waals surface area contributed by atoms with E-state index in [1.165, 1.54) is 11.1 Å². The van der Waals surface area contributed by atoms with Gasteiger partial charge in [-0.15, -0.1) is 0 Å². The van der Waals surface area contributed by atoms with Gasteiger partial charge in [-0.2, -0.15) is 0 Å². The Morgan fingerprint density at radius 1 is 1.08 bits per heavy atom. The highest BCUT2D eigenvalue weighted by Gasteiger charge is 2.07. The Bertz CT molecular complexity index is 650. The third-order valence-electron chi connectivity index (χ3n) is 3.83. The molecule has 0 heterocycles. The van der Waals surface area contributed by atoms with Crippen LogP contribution >= 0.6 is 12.2 Å². The largest absolute Gasteiger partial charge is 0.494 e. The van der Waals surface area contributed by atoms with Crippen molar-refractivity contribution >= 4 is 23.0 Å². The molecule has 0 aliphatic carbocycles. The second-order valence-corrected chi connectivity index (χ2v) is 6.53. The number of ether oxygens (including phenoxy) is 1. The van der Waals surface area contributed by atoms with Crippen molar-refractivity contribution in [1.82, 2.24) is 4.90 Å². The Morgan fingerprint density at radius 2 is 1.71 bits per heavy atom. The van der Waals surface area contributed by atoms with E-state index in [0.29, 0.717) is 17.6 Å². The Hall–Kier alpha value is -2.07. The van der Waals surface area contributed by atoms with Crippen LogP contribution in [0.4, 0.5) is 5.69 Å². The van der Waals surface area contributed by atoms with Gasteiger partial charge in [-0.1, -0.05) is 38.1 Å². The van der Waals surface area contributed by atoms with E-state index in [4.69, 9.17) is 17.0 Å². The lowest BCUT2D eigenvalue weighted by Gasteiger charge is -2.21. The molecule has 0 amide bonds. The third kappa shape index (κ3) is 5.24. The van der Waals surface area contributed by atoms with Crippen LogP contribution in [0.5, 0.6) is 5.75 Å². The molecule has 0 spiro atoms. The van der Waals surface area contributed by atoms with E-state index in [1.54, 1.807) is 0 Å². The monoisotopic (exact) mass is 342 g/mol. The molecule has 128 valence electrons. The second-order valence-electron chi connectivity index (χ2n) is 6.14. The Kier molecular flexibility index (Phi) is 6.62. The zero-order chi connectivity index (χ0) is 17.5. The van der Waals surface area contributed by atoms with Crippen LogP contribution in [-0.4, -0.2) is 23.7 Å². The number of rotatable bonds is 6. The first-order valence-corrected chi connectivity index (χ1v) is 8.74. The molecule has 24 heavy (non-hydrogen) atoms. The first kappa shape index (κ1) is 18.3. The molecule has 3 nitrogen and oxygen atoms in total. The highest BCUT2D eigenvalue weighted by atomic mass is 32.1. The molecule has 0 aliphatic heterocycles. The summed E-state index contributed by atoms with van der Waals surface area (Å²) in [7, 11) is 2.00. The van der Waals surface area contributed by atoms with Gasteiger partial charge in [0.25, 0.3) is 0 Å². The Morgan fingerprint density at radius 3 is 2.25 bits per heavy atom. The van der Waals surface area contributed by atoms with Crippen molar-refractivity contribution in [2.45, 2.75) is 33.2 Å². The van der Waals surface area contributed by atoms with Gasteiger partial charge < -0.3 is 15.0 Å². The van der Waals surface area contributed by atoms with Crippen LogP contribution in [-0.2, 0) is 6.54 Å². The van der Waals surface area contributed by atoms with Crippen LogP contribution < -0.4 is 10.1 Å². The van der Waals surface area contributed by atoms with Gasteiger partial charge in [-0.3, -0.25) is 0 Å². The lowest BCUT2D eigenvalue weighted by molar-refractivity contribution is 0.340. The number of hydrogen-bond acceptors (Lipinski definition) is 2. The summed E-state index contributed by atoms with van der Waals surface area (Å²) in [5, 5.41) is 3.96. The van der Waals surface area contributed by atoms with E-state index >= 15 is 0 Å². The Labute approximate surface area is 150 Å². The maximum absolute atomic E-state index is 5.49. The number of nitrogens with one attached hydrogen (secondary N) is 1. The van der Waals surface area contributed by atoms with Crippen molar-refractivity contribution in [3.63, 3.8) is 0 Å². The fourth-order valence-electron chi connectivity index (χ4n) is 2.37. The van der Waals surface area contributed by atoms with Crippen LogP contribution in [0.2, 0.25) is 0 Å². The number of thiocarbonyl (C=S) groups is 1. The highest BCUT2D eigenvalue weighted by Crippen LogP contribution is 2.17. The molecule has 0 unspecified atom stereocenters. The molecule has 4 heteroatoms. The SMILES string of the molecule is CCOc1ccc(NC(=S)N(C)Cc2ccc(C(C)C)cc2)cc1. The minimum atomic E-state index is 0.555. The van der Waals surface area contributed by atoms with Crippen molar-refractivity contribution < 1.29 is 4.74 Å². The third-order valence-corrected chi connectivity index (χ3v) is 4.24. The summed E-state index contributed by atoms with van der Waals surface area (Å²) >= 11 is 5.49. The van der Waals surface area contributed by atoms with Gasteiger partial charge in [0, 0.05) is 19.3 Å². The number of anilines is 1. The quantitative estimate of drug-likeness (QED) is 0.744. The molecular weight excluding hydrogens is 316 g/mol. The maximum Gasteiger partial charge on any atom is 0.173 e. The molecule has 2 aromatic carbocycles. The normalized spacial score (nSPS) is 10.5. The number of hydrogen-bond donors (Lipinski definition) is 1. The Balaban J connectivity index is 1.91. The second kappa shape index (κ2) is 8.69. The molecule has 0 saturated carbocycles. The van der Waals surface area contributed by atoms with E-state index in [2.05, 4.69) is 43.4 Å². The first-order chi connectivity index (χ1) is 11.5. The van der Waals surface area contributed by atoms with Crippen LogP contribution in [0.1, 0.15) is 37.8 Å². The van der Waals surface area contributed by atoms with Gasteiger partial charge in [0.1, 0.15) is 5.75 Å². The van der Waals surface area contributed by atoms with Gasteiger partial charge in [0.05, 0.1) is 6.61 Å². The molecular formula is C20H26N2OS. The van der Waals surface area contributed by atoms with Gasteiger partial charge in [-0.05, 0) is 60.5 Å². The number of nitrogens with zero attached hydrogens (tertiary/aromatic N) is 1. The molecule has 0 fully saturated rings. The summed E-state index contributed by atoms with van der Waals surface area (Å²) < 4.78 is 5.45. The fourth-order valence-corrected chi connectivity index (χ4v) is 2.56. The summed E-state index contributed by atoms with van der Waals surface area (Å²) in [6.07, 6.45) is 0. The van der Waals surface area contributed by atoms with Crippen molar-refractivity contribution in [3.05, 3.63) is 59.7 Å². The van der Waals surface area contributed by atoms with Crippen LogP contribution in [0, 0.1) is 0 Å². The molecule has 0 bridgehead atoms. The van der Waals surface area contributed by atoms with Crippen molar-refractivity contribution in [2.24, 2.45) is 0 Å². The van der Waals surface area contributed by atoms with E-state index in [0.717, 1.165) is 18.0 Å². The van der Waals surface area contributed by atoms with Crippen molar-refractivity contribution in [3.8, 4) is 5.75 Å². The predicted molar refractivity (Wildman–Crippen MR) is 106 cm³/mol. The zero-order valence-corrected chi connectivity index (χ0v) is 15.7. The van der Waals surface area contributed by atoms with Crippen LogP contribution in [0.3, 0.4) is 0 Å². The van der Waals surface area contributed by atoms with Gasteiger partial charge >= 0.3 is 0 Å². The molecule has 0 aromatic heterocycles. The lowest BCUT2D eigenvalue weighted by Crippen LogP contribution is -2.30. The lowest BCUT2D eigenvalue weighted by atomic mass is 10.0. The minimum absolute atomic E-state index is 0.555. The summed E-state index contributed by atoms with van der Waals surface area (Å²) in [6, 6.07) is 16.6. The van der Waals surface area contributed by atoms with Crippen molar-refractivity contribution in [2.75, 3.05) is 19.0 Å². The smallest absolute Gasteiger partial charge is 0.173 e. The molecule has 0 atom stereocenters. The van der Waals surface area contributed by atoms with Crippen LogP contribution in [0.15, 0.2) is 48.5 Å². The molecule has 1 N–H and O–H groups in total. The van der Waals surface area contributed by atoms with Gasteiger partial charge in [-0.25, -0.2) is 0 Å². The van der Waals surface area contributed by atoms with E-state index in [9.17, 15) is 0 Å². The molecule has 2 rings (SSSR count). The summed E-state index contributed by atoms with van der Waals surface area (Å²) in [6.45, 7) is 7.84. The standard InChI is InChI=1S/C20H26N2OS/c1-5-23-19-12-10-18(11-13-19)21-20(24)22(4)14-16-6-8-17(9-7-16)15(2)3/h6-13,15H,5,14H2,1-4H3,(H,21,24). The number of benzene rings is 2. The first-order valence-electron chi connectivity index (χ1n) is 8.33. The molecule has 0 radical (unpaired) electrons. The average molecular weight is 343 g/mol. The van der Waals surface area contributed by atoms with Gasteiger partial charge in [0.2, 0.25) is 0 Å². The average Bonchev–Trinajstić information content (AvgIpc) is 2.57. The summed E-state index contributed by atoms with van der Waals surface area (Å²) in [5.41, 5.74) is 3.57. The maximum atomic E-state index is 5.49. The van der Waals surface area contributed by atoms with Crippen LogP contribution in [0.25, 0.3) is 0 Å². The summed E-state index contributed by atoms with van der Waals surface area (Å²) in [4.78, 5) is 2.04. The van der Waals surface area contributed by atoms with Gasteiger partial charge in [0.15, 0.2) is 5.11 Å². The van der Waals surface area contributed by atoms with E-state index < -0.39 is 0 Å². The topological polar surface area (TPSA) is 24.5 Å². The highest BCUT2D eigenvalue weighted by molar-refractivity contribution is 7.80. The van der Waals surface area contributed by atoms with Crippen molar-refractivity contribution in [1.29, 1.82) is 0 Å².